The van der Waals surface area contributed by atoms with Crippen LogP contribution in [0.1, 0.15) is 38.5 Å². The van der Waals surface area contributed by atoms with Gasteiger partial charge in [0, 0.05) is 38.9 Å². The molecule has 0 spiro atoms. The molecule has 0 saturated carbocycles. The predicted octanol–water partition coefficient (Wildman–Crippen LogP) is 0.537. The molecule has 0 aromatic carbocycles. The first-order valence-electron chi connectivity index (χ1n) is 8.13. The summed E-state index contributed by atoms with van der Waals surface area (Å²) in [4.78, 5) is 26.9. The third kappa shape index (κ3) is 4.11. The largest absolute Gasteiger partial charge is 0.309 e. The zero-order chi connectivity index (χ0) is 15.3. The maximum Gasteiger partial charge on any atom is 0.207 e. The molecular weight excluding hydrogens is 266 g/mol. The van der Waals surface area contributed by atoms with Crippen molar-refractivity contribution in [2.45, 2.75) is 44.1 Å². The van der Waals surface area contributed by atoms with Crippen LogP contribution in [0.4, 0.5) is 0 Å². The maximum atomic E-state index is 11.7. The van der Waals surface area contributed by atoms with Crippen LogP contribution in [0.5, 0.6) is 0 Å². The van der Waals surface area contributed by atoms with Gasteiger partial charge in [-0.05, 0) is 20.5 Å². The molecule has 0 aliphatic carbocycles. The Hall–Kier alpha value is -0.780. The quantitative estimate of drug-likeness (QED) is 0.714. The van der Waals surface area contributed by atoms with Gasteiger partial charge in [-0.15, -0.1) is 0 Å². The molecule has 0 aromatic heterocycles. The van der Waals surface area contributed by atoms with Gasteiger partial charge in [-0.2, -0.15) is 4.90 Å². The molecule has 5 nitrogen and oxygen atoms in total. The lowest BCUT2D eigenvalue weighted by atomic mass is 9.81. The molecule has 0 amide bonds. The fourth-order valence-corrected chi connectivity index (χ4v) is 3.31. The molecule has 3 fully saturated rings. The molecule has 2 radical (unpaired) electrons. The van der Waals surface area contributed by atoms with Crippen LogP contribution in [-0.4, -0.2) is 68.8 Å². The van der Waals surface area contributed by atoms with Gasteiger partial charge in [0.25, 0.3) is 0 Å². The summed E-state index contributed by atoms with van der Waals surface area (Å²) in [6, 6.07) is 0. The fourth-order valence-electron chi connectivity index (χ4n) is 3.31. The topological polar surface area (TPSA) is 57.4 Å². The van der Waals surface area contributed by atoms with Crippen LogP contribution in [0.15, 0.2) is 0 Å². The smallest absolute Gasteiger partial charge is 0.207 e. The Kier molecular flexibility index (Phi) is 5.90. The molecule has 118 valence electrons. The van der Waals surface area contributed by atoms with Crippen molar-refractivity contribution < 1.29 is 9.59 Å². The Balaban J connectivity index is 0.000000173. The first kappa shape index (κ1) is 16.6. The van der Waals surface area contributed by atoms with Crippen LogP contribution >= 0.6 is 0 Å². The van der Waals surface area contributed by atoms with Crippen LogP contribution in [0.25, 0.3) is 0 Å². The molecule has 21 heavy (non-hydrogen) atoms. The van der Waals surface area contributed by atoms with E-state index >= 15 is 0 Å². The van der Waals surface area contributed by atoms with Crippen molar-refractivity contribution in [3.05, 3.63) is 0 Å². The van der Waals surface area contributed by atoms with Gasteiger partial charge in [0.2, 0.25) is 11.3 Å². The first-order valence-corrected chi connectivity index (χ1v) is 8.13. The van der Waals surface area contributed by atoms with Gasteiger partial charge >= 0.3 is 0 Å². The maximum absolute atomic E-state index is 11.7. The summed E-state index contributed by atoms with van der Waals surface area (Å²) in [7, 11) is 4.14. The van der Waals surface area contributed by atoms with Crippen molar-refractivity contribution >= 4 is 11.6 Å². The normalized spacial score (nSPS) is 29.5. The number of carbonyl (C=O) groups is 2. The summed E-state index contributed by atoms with van der Waals surface area (Å²) < 4.78 is 0. The molecule has 3 aliphatic rings. The molecule has 3 aliphatic heterocycles. The minimum Gasteiger partial charge on any atom is -0.309 e. The van der Waals surface area contributed by atoms with Gasteiger partial charge in [0.05, 0.1) is 12.8 Å². The average molecular weight is 294 g/mol. The van der Waals surface area contributed by atoms with Crippen molar-refractivity contribution in [2.75, 3.05) is 46.8 Å². The highest BCUT2D eigenvalue weighted by molar-refractivity contribution is 5.92. The predicted molar refractivity (Wildman–Crippen MR) is 82.7 cm³/mol. The third-order valence-corrected chi connectivity index (χ3v) is 4.82. The number of nitrogens with zero attached hydrogens (tertiary/aromatic N) is 3. The highest BCUT2D eigenvalue weighted by atomic mass is 16.1. The molecule has 0 aromatic rings. The van der Waals surface area contributed by atoms with Crippen molar-refractivity contribution in [3.63, 3.8) is 0 Å². The van der Waals surface area contributed by atoms with Crippen LogP contribution in [-0.2, 0) is 9.59 Å². The zero-order valence-corrected chi connectivity index (χ0v) is 13.4. The fraction of sp³-hybridized carbons (Fsp3) is 0.875. The summed E-state index contributed by atoms with van der Waals surface area (Å²) in [5.74, 6) is 0.867. The number of rotatable bonds is 3. The van der Waals surface area contributed by atoms with Gasteiger partial charge in [0.15, 0.2) is 0 Å². The number of ketones is 2. The van der Waals surface area contributed by atoms with Crippen LogP contribution in [0, 0.1) is 0 Å². The lowest BCUT2D eigenvalue weighted by Crippen LogP contribution is -2.64. The Labute approximate surface area is 128 Å². The zero-order valence-electron chi connectivity index (χ0n) is 13.4. The van der Waals surface area contributed by atoms with Crippen LogP contribution in [0.3, 0.4) is 0 Å². The molecule has 5 heteroatoms. The van der Waals surface area contributed by atoms with E-state index in [9.17, 15) is 9.59 Å². The van der Waals surface area contributed by atoms with E-state index in [0.29, 0.717) is 18.0 Å². The summed E-state index contributed by atoms with van der Waals surface area (Å²) in [5, 5.41) is 4.10. The van der Waals surface area contributed by atoms with Crippen molar-refractivity contribution in [3.8, 4) is 0 Å². The van der Waals surface area contributed by atoms with E-state index in [0.717, 1.165) is 64.8 Å². The molecule has 3 heterocycles. The second-order valence-electron chi connectivity index (χ2n) is 6.56. The molecule has 0 N–H and O–H groups in total. The van der Waals surface area contributed by atoms with Gasteiger partial charge < -0.3 is 4.90 Å². The SMILES string of the molecule is CN(C)CCC12CC[N+]1CCC2=O.O=C1CCC[N]CC1. The summed E-state index contributed by atoms with van der Waals surface area (Å²) in [6.07, 6.45) is 5.31. The van der Waals surface area contributed by atoms with E-state index in [1.54, 1.807) is 0 Å². The van der Waals surface area contributed by atoms with Gasteiger partial charge in [-0.25, -0.2) is 5.32 Å². The minimum atomic E-state index is -0.0235. The Morgan fingerprint density at radius 3 is 2.57 bits per heavy atom. The second kappa shape index (κ2) is 7.47. The number of hydrogen-bond donors (Lipinski definition) is 0. The lowest BCUT2D eigenvalue weighted by molar-refractivity contribution is -0.127. The Morgan fingerprint density at radius 1 is 1.14 bits per heavy atom. The highest BCUT2D eigenvalue weighted by Gasteiger charge is 2.63. The summed E-state index contributed by atoms with van der Waals surface area (Å²) in [5.41, 5.74) is -0.0235. The first-order chi connectivity index (χ1) is 10.0. The average Bonchev–Trinajstić information content (AvgIpc) is 2.61. The van der Waals surface area contributed by atoms with E-state index in [1.807, 2.05) is 0 Å². The van der Waals surface area contributed by atoms with Crippen molar-refractivity contribution in [2.24, 2.45) is 0 Å². The molecule has 3 rings (SSSR count). The molecule has 1 atom stereocenters. The van der Waals surface area contributed by atoms with Crippen LogP contribution < -0.4 is 10.2 Å². The van der Waals surface area contributed by atoms with Crippen molar-refractivity contribution in [1.29, 1.82) is 0 Å². The molecule has 1 unspecified atom stereocenters. The monoisotopic (exact) mass is 294 g/mol. The lowest BCUT2D eigenvalue weighted by Gasteiger charge is -2.37. The van der Waals surface area contributed by atoms with E-state index in [2.05, 4.69) is 29.2 Å². The van der Waals surface area contributed by atoms with Gasteiger partial charge in [-0.1, -0.05) is 0 Å². The Bertz CT molecular complexity index is 374. The number of hydrogen-bond acceptors (Lipinski definition) is 4. The molecular formula is C16H28N3O2+. The second-order valence-corrected chi connectivity index (χ2v) is 6.56. The van der Waals surface area contributed by atoms with Crippen molar-refractivity contribution in [1.82, 2.24) is 15.1 Å². The van der Waals surface area contributed by atoms with Gasteiger partial charge in [0.1, 0.15) is 18.9 Å². The highest BCUT2D eigenvalue weighted by Crippen LogP contribution is 2.38. The molecule has 3 saturated heterocycles. The third-order valence-electron chi connectivity index (χ3n) is 4.82. The number of fused-ring (bicyclic) bond motifs is 1. The minimum absolute atomic E-state index is 0.0235. The summed E-state index contributed by atoms with van der Waals surface area (Å²) >= 11 is 0. The number of Topliss-reactive ketones (excluding diaryl/α,β-unsaturated/α-hetero) is 2. The Morgan fingerprint density at radius 2 is 1.95 bits per heavy atom. The standard InChI is InChI=1S/C10H18N2O.C6H10NO/c1-11(2)7-4-10-5-8-12(10)6-3-9(10)13;8-6-2-1-4-7-5-3-6/h3-8H2,1-2H3;1-5H2/q+1;. The van der Waals surface area contributed by atoms with E-state index < -0.39 is 0 Å². The van der Waals surface area contributed by atoms with Crippen LogP contribution in [0.2, 0.25) is 0 Å². The number of carbonyl (C=O) groups excluding carboxylic acids is 2. The van der Waals surface area contributed by atoms with Gasteiger partial charge in [-0.3, -0.25) is 9.59 Å². The summed E-state index contributed by atoms with van der Waals surface area (Å²) in [6.45, 7) is 4.83. The van der Waals surface area contributed by atoms with E-state index in [1.165, 1.54) is 0 Å². The van der Waals surface area contributed by atoms with E-state index in [-0.39, 0.29) is 5.54 Å². The molecule has 0 bridgehead atoms. The van der Waals surface area contributed by atoms with E-state index in [4.69, 9.17) is 0 Å².